The SMILES string of the molecule is COc1ccc(C2(C(=O)N3CCCC(c4c(S(C)(=O)=O)cnc5ncnn45)C3)CC2)cc1. The molecule has 1 aromatic carbocycles. The smallest absolute Gasteiger partial charge is 0.252 e. The molecule has 1 saturated carbocycles. The van der Waals surface area contributed by atoms with Crippen LogP contribution in [0.1, 0.15) is 42.9 Å². The second kappa shape index (κ2) is 7.54. The van der Waals surface area contributed by atoms with Crippen LogP contribution in [0.3, 0.4) is 0 Å². The number of likely N-dealkylation sites (tertiary alicyclic amines) is 1. The molecule has 0 bridgehead atoms. The van der Waals surface area contributed by atoms with Crippen LogP contribution in [-0.4, -0.2) is 65.3 Å². The number of rotatable bonds is 5. The van der Waals surface area contributed by atoms with Gasteiger partial charge in [-0.2, -0.15) is 14.6 Å². The highest BCUT2D eigenvalue weighted by atomic mass is 32.2. The van der Waals surface area contributed by atoms with Gasteiger partial charge in [0.15, 0.2) is 9.84 Å². The van der Waals surface area contributed by atoms with E-state index in [1.165, 1.54) is 23.3 Å². The third kappa shape index (κ3) is 3.42. The zero-order valence-corrected chi connectivity index (χ0v) is 18.9. The first-order valence-corrected chi connectivity index (χ1v) is 12.6. The Kier molecular flexibility index (Phi) is 4.92. The lowest BCUT2D eigenvalue weighted by atomic mass is 9.90. The van der Waals surface area contributed by atoms with Crippen molar-refractivity contribution in [3.8, 4) is 5.75 Å². The summed E-state index contributed by atoms with van der Waals surface area (Å²) >= 11 is 0. The van der Waals surface area contributed by atoms with E-state index in [0.717, 1.165) is 37.0 Å². The molecule has 2 fully saturated rings. The number of fused-ring (bicyclic) bond motifs is 1. The lowest BCUT2D eigenvalue weighted by Gasteiger charge is -2.36. The molecule has 9 nitrogen and oxygen atoms in total. The summed E-state index contributed by atoms with van der Waals surface area (Å²) in [5.41, 5.74) is 1.07. The zero-order valence-electron chi connectivity index (χ0n) is 18.1. The fourth-order valence-corrected chi connectivity index (χ4v) is 5.67. The average Bonchev–Trinajstić information content (AvgIpc) is 3.47. The Morgan fingerprint density at radius 1 is 1.19 bits per heavy atom. The van der Waals surface area contributed by atoms with Gasteiger partial charge < -0.3 is 9.64 Å². The number of hydrogen-bond donors (Lipinski definition) is 0. The van der Waals surface area contributed by atoms with Crippen molar-refractivity contribution in [2.75, 3.05) is 26.5 Å². The van der Waals surface area contributed by atoms with E-state index in [2.05, 4.69) is 15.1 Å². The molecule has 0 radical (unpaired) electrons. The molecule has 3 heterocycles. The Hall–Kier alpha value is -3.01. The van der Waals surface area contributed by atoms with Gasteiger partial charge in [0, 0.05) is 25.3 Å². The molecular formula is C22H25N5O4S. The van der Waals surface area contributed by atoms with E-state index in [-0.39, 0.29) is 16.7 Å². The van der Waals surface area contributed by atoms with Gasteiger partial charge in [-0.3, -0.25) is 4.79 Å². The maximum atomic E-state index is 13.6. The molecule has 2 aromatic heterocycles. The van der Waals surface area contributed by atoms with Crippen molar-refractivity contribution in [3.63, 3.8) is 0 Å². The van der Waals surface area contributed by atoms with Crippen LogP contribution in [0, 0.1) is 0 Å². The van der Waals surface area contributed by atoms with Crippen LogP contribution < -0.4 is 4.74 Å². The molecule has 0 spiro atoms. The molecule has 1 unspecified atom stereocenters. The summed E-state index contributed by atoms with van der Waals surface area (Å²) in [5.74, 6) is 1.05. The summed E-state index contributed by atoms with van der Waals surface area (Å²) in [6, 6.07) is 7.71. The lowest BCUT2D eigenvalue weighted by molar-refractivity contribution is -0.135. The van der Waals surface area contributed by atoms with Crippen LogP contribution in [-0.2, 0) is 20.0 Å². The van der Waals surface area contributed by atoms with Gasteiger partial charge in [-0.25, -0.2) is 13.4 Å². The van der Waals surface area contributed by atoms with Gasteiger partial charge in [0.05, 0.1) is 24.4 Å². The second-order valence-electron chi connectivity index (χ2n) is 8.65. The van der Waals surface area contributed by atoms with Gasteiger partial charge in [0.2, 0.25) is 5.91 Å². The Bertz CT molecular complexity index is 1280. The monoisotopic (exact) mass is 455 g/mol. The van der Waals surface area contributed by atoms with Gasteiger partial charge in [-0.05, 0) is 43.4 Å². The van der Waals surface area contributed by atoms with Gasteiger partial charge in [-0.1, -0.05) is 12.1 Å². The first-order chi connectivity index (χ1) is 15.3. The van der Waals surface area contributed by atoms with E-state index in [1.807, 2.05) is 29.2 Å². The molecule has 5 rings (SSSR count). The van der Waals surface area contributed by atoms with Crippen LogP contribution >= 0.6 is 0 Å². The van der Waals surface area contributed by atoms with E-state index < -0.39 is 15.3 Å². The van der Waals surface area contributed by atoms with Crippen LogP contribution in [0.4, 0.5) is 0 Å². The molecule has 3 aromatic rings. The minimum Gasteiger partial charge on any atom is -0.497 e. The third-order valence-corrected chi connectivity index (χ3v) is 7.72. The van der Waals surface area contributed by atoms with Crippen LogP contribution in [0.25, 0.3) is 5.78 Å². The largest absolute Gasteiger partial charge is 0.497 e. The number of carbonyl (C=O) groups is 1. The predicted molar refractivity (Wildman–Crippen MR) is 116 cm³/mol. The highest BCUT2D eigenvalue weighted by molar-refractivity contribution is 7.90. The van der Waals surface area contributed by atoms with E-state index in [9.17, 15) is 13.2 Å². The Morgan fingerprint density at radius 3 is 2.59 bits per heavy atom. The Labute approximate surface area is 186 Å². The topological polar surface area (TPSA) is 107 Å². The summed E-state index contributed by atoms with van der Waals surface area (Å²) in [6.07, 6.45) is 7.08. The predicted octanol–water partition coefficient (Wildman–Crippen LogP) is 1.97. The average molecular weight is 456 g/mol. The number of amides is 1. The molecule has 2 aliphatic rings. The molecule has 1 saturated heterocycles. The summed E-state index contributed by atoms with van der Waals surface area (Å²) in [4.78, 5) is 23.9. The molecular weight excluding hydrogens is 430 g/mol. The van der Waals surface area contributed by atoms with Crippen molar-refractivity contribution < 1.29 is 17.9 Å². The summed E-state index contributed by atoms with van der Waals surface area (Å²) < 4.78 is 31.7. The lowest BCUT2D eigenvalue weighted by Crippen LogP contribution is -2.45. The van der Waals surface area contributed by atoms with Crippen molar-refractivity contribution in [1.29, 1.82) is 0 Å². The molecule has 1 atom stereocenters. The van der Waals surface area contributed by atoms with E-state index in [0.29, 0.717) is 24.6 Å². The number of ether oxygens (including phenoxy) is 1. The molecule has 1 aliphatic carbocycles. The van der Waals surface area contributed by atoms with E-state index in [1.54, 1.807) is 7.11 Å². The highest BCUT2D eigenvalue weighted by Crippen LogP contribution is 2.50. The Balaban J connectivity index is 1.47. The minimum absolute atomic E-state index is 0.108. The summed E-state index contributed by atoms with van der Waals surface area (Å²) in [5, 5.41) is 4.23. The quantitative estimate of drug-likeness (QED) is 0.579. The number of carbonyl (C=O) groups excluding carboxylic acids is 1. The van der Waals surface area contributed by atoms with Crippen molar-refractivity contribution in [3.05, 3.63) is 48.0 Å². The molecule has 0 N–H and O–H groups in total. The fraction of sp³-hybridized carbons (Fsp3) is 0.455. The molecule has 1 aliphatic heterocycles. The maximum Gasteiger partial charge on any atom is 0.252 e. The van der Waals surface area contributed by atoms with Crippen LogP contribution in [0.5, 0.6) is 5.75 Å². The van der Waals surface area contributed by atoms with Gasteiger partial charge >= 0.3 is 0 Å². The van der Waals surface area contributed by atoms with Crippen molar-refractivity contribution >= 4 is 21.5 Å². The molecule has 1 amide bonds. The number of benzene rings is 1. The van der Waals surface area contributed by atoms with Crippen molar-refractivity contribution in [2.24, 2.45) is 0 Å². The first kappa shape index (κ1) is 20.9. The van der Waals surface area contributed by atoms with Crippen molar-refractivity contribution in [1.82, 2.24) is 24.5 Å². The van der Waals surface area contributed by atoms with Crippen LogP contribution in [0.2, 0.25) is 0 Å². The number of methoxy groups -OCH3 is 1. The van der Waals surface area contributed by atoms with Gasteiger partial charge in [0.25, 0.3) is 5.78 Å². The molecule has 32 heavy (non-hydrogen) atoms. The van der Waals surface area contributed by atoms with Crippen LogP contribution in [0.15, 0.2) is 41.7 Å². The maximum absolute atomic E-state index is 13.6. The molecule has 168 valence electrons. The summed E-state index contributed by atoms with van der Waals surface area (Å²) in [6.45, 7) is 1.10. The first-order valence-electron chi connectivity index (χ1n) is 10.7. The van der Waals surface area contributed by atoms with E-state index >= 15 is 0 Å². The third-order valence-electron chi connectivity index (χ3n) is 6.60. The Morgan fingerprint density at radius 2 is 1.94 bits per heavy atom. The van der Waals surface area contributed by atoms with Gasteiger partial charge in [0.1, 0.15) is 17.0 Å². The number of sulfone groups is 1. The van der Waals surface area contributed by atoms with E-state index in [4.69, 9.17) is 4.74 Å². The zero-order chi connectivity index (χ0) is 22.5. The number of hydrogen-bond acceptors (Lipinski definition) is 7. The number of nitrogens with zero attached hydrogens (tertiary/aromatic N) is 5. The normalized spacial score (nSPS) is 20.3. The number of piperidine rings is 1. The highest BCUT2D eigenvalue weighted by Gasteiger charge is 2.53. The van der Waals surface area contributed by atoms with Crippen molar-refractivity contribution in [2.45, 2.75) is 41.9 Å². The summed E-state index contributed by atoms with van der Waals surface area (Å²) in [7, 11) is -1.90. The fourth-order valence-electron chi connectivity index (χ4n) is 4.79. The number of aromatic nitrogens is 4. The van der Waals surface area contributed by atoms with Gasteiger partial charge in [-0.15, -0.1) is 0 Å². The molecule has 10 heteroatoms. The minimum atomic E-state index is -3.52. The standard InChI is InChI=1S/C22H25N5O4S/c1-31-17-7-5-16(6-8-17)22(9-10-22)20(28)26-11-3-4-15(13-26)19-18(32(2,29)30)12-23-21-24-14-25-27(19)21/h5-8,12,14-15H,3-4,9-11,13H2,1-2H3. The second-order valence-corrected chi connectivity index (χ2v) is 10.6.